The van der Waals surface area contributed by atoms with Crippen molar-refractivity contribution in [2.45, 2.75) is 33.7 Å². The molecular formula is C45H50N6O8S3. The first-order chi connectivity index (χ1) is 29.8. The summed E-state index contributed by atoms with van der Waals surface area (Å²) >= 11 is 1.63. The minimum Gasteiger partial charge on any atom is -0.379 e. The zero-order chi connectivity index (χ0) is 43.7. The van der Waals surface area contributed by atoms with Crippen molar-refractivity contribution in [3.63, 3.8) is 0 Å². The molecule has 2 saturated heterocycles. The number of nitrogens with zero attached hydrogens (tertiary/aromatic N) is 4. The smallest absolute Gasteiger partial charge is 0.293 e. The van der Waals surface area contributed by atoms with Crippen LogP contribution in [0.2, 0.25) is 0 Å². The van der Waals surface area contributed by atoms with Gasteiger partial charge in [-0.05, 0) is 83.8 Å². The van der Waals surface area contributed by atoms with Crippen molar-refractivity contribution in [1.82, 2.24) is 14.5 Å². The second-order valence-electron chi connectivity index (χ2n) is 15.3. The van der Waals surface area contributed by atoms with Crippen LogP contribution in [0.25, 0.3) is 11.1 Å². The Balaban J connectivity index is 0.953. The average molecular weight is 899 g/mol. The molecule has 5 aromatic carbocycles. The van der Waals surface area contributed by atoms with Gasteiger partial charge in [-0.1, -0.05) is 54.6 Å². The number of carbonyl (C=O) groups excluding carboxylic acids is 1. The Morgan fingerprint density at radius 2 is 1.45 bits per heavy atom. The van der Waals surface area contributed by atoms with Crippen LogP contribution in [-0.4, -0.2) is 115 Å². The summed E-state index contributed by atoms with van der Waals surface area (Å²) in [5.41, 5.74) is 3.94. The molecular weight excluding hydrogens is 849 g/mol. The molecule has 0 aromatic heterocycles. The van der Waals surface area contributed by atoms with Gasteiger partial charge in [0.1, 0.15) is 5.69 Å². The number of sulfonamides is 1. The Morgan fingerprint density at radius 1 is 0.790 bits per heavy atom. The van der Waals surface area contributed by atoms with Crippen LogP contribution >= 0.6 is 11.8 Å². The van der Waals surface area contributed by atoms with Crippen LogP contribution in [0, 0.1) is 10.1 Å². The molecule has 7 rings (SSSR count). The largest absolute Gasteiger partial charge is 0.379 e. The number of sulfone groups is 1. The molecule has 14 nitrogen and oxygen atoms in total. The maximum atomic E-state index is 13.5. The molecule has 2 N–H and O–H groups in total. The van der Waals surface area contributed by atoms with Crippen LogP contribution in [0.3, 0.4) is 0 Å². The summed E-state index contributed by atoms with van der Waals surface area (Å²) in [5.74, 6) is -0.225. The van der Waals surface area contributed by atoms with Gasteiger partial charge in [-0.2, -0.15) is 0 Å². The molecule has 0 radical (unpaired) electrons. The first-order valence-corrected chi connectivity index (χ1v) is 24.7. The Bertz CT molecular complexity index is 2550. The van der Waals surface area contributed by atoms with Crippen LogP contribution in [0.15, 0.2) is 136 Å². The number of nitro benzene ring substituents is 1. The van der Waals surface area contributed by atoms with Crippen LogP contribution in [0.5, 0.6) is 0 Å². The topological polar surface area (TPSA) is 171 Å². The lowest BCUT2D eigenvalue weighted by molar-refractivity contribution is -0.384. The fourth-order valence-corrected chi connectivity index (χ4v) is 10.2. The van der Waals surface area contributed by atoms with E-state index in [0.717, 1.165) is 85.7 Å². The van der Waals surface area contributed by atoms with Crippen LogP contribution in [-0.2, 0) is 31.1 Å². The predicted octanol–water partition coefficient (Wildman–Crippen LogP) is 6.40. The van der Waals surface area contributed by atoms with Gasteiger partial charge in [0.25, 0.3) is 21.6 Å². The van der Waals surface area contributed by atoms with E-state index in [1.54, 1.807) is 48.2 Å². The molecule has 5 aromatic rings. The van der Waals surface area contributed by atoms with Crippen LogP contribution < -0.4 is 14.9 Å². The number of rotatable bonds is 17. The quantitative estimate of drug-likeness (QED) is 0.0598. The van der Waals surface area contributed by atoms with Crippen LogP contribution in [0.1, 0.15) is 22.3 Å². The highest BCUT2D eigenvalue weighted by Gasteiger charge is 2.26. The van der Waals surface area contributed by atoms with Crippen molar-refractivity contribution in [1.29, 1.82) is 0 Å². The summed E-state index contributed by atoms with van der Waals surface area (Å²) < 4.78 is 58.4. The van der Waals surface area contributed by atoms with E-state index < -0.39 is 41.3 Å². The lowest BCUT2D eigenvalue weighted by Gasteiger charge is -2.36. The molecule has 1 amide bonds. The second-order valence-corrected chi connectivity index (χ2v) is 20.1. The summed E-state index contributed by atoms with van der Waals surface area (Å²) in [5, 5.41) is 15.6. The Labute approximate surface area is 367 Å². The highest BCUT2D eigenvalue weighted by Crippen LogP contribution is 2.31. The molecule has 0 saturated carbocycles. The van der Waals surface area contributed by atoms with Crippen molar-refractivity contribution in [2.24, 2.45) is 0 Å². The molecule has 0 spiro atoms. The predicted molar refractivity (Wildman–Crippen MR) is 243 cm³/mol. The van der Waals surface area contributed by atoms with Gasteiger partial charge in [0.05, 0.1) is 27.9 Å². The van der Waals surface area contributed by atoms with E-state index in [0.29, 0.717) is 25.4 Å². The molecule has 2 aliphatic rings. The number of hydrogen-bond acceptors (Lipinski definition) is 13. The monoisotopic (exact) mass is 898 g/mol. The fraction of sp³-hybridized carbons (Fsp3) is 0.311. The minimum absolute atomic E-state index is 0.129. The van der Waals surface area contributed by atoms with Crippen molar-refractivity contribution in [3.8, 4) is 11.1 Å². The summed E-state index contributed by atoms with van der Waals surface area (Å²) in [6, 6.07) is 35.1. The molecule has 17 heteroatoms. The van der Waals surface area contributed by atoms with Crippen molar-refractivity contribution >= 4 is 54.6 Å². The SMILES string of the molecule is CS(=O)(=O)c1ccc(-c2ccccc2CN2CCN(c3ccc(C(=O)NS(=O)(=O)c4ccc(N[C@H](CCN5CCOCC5)CSc5ccccc5)c([N+](=O)[O-])c4)cc3)CC2)cc1. The van der Waals surface area contributed by atoms with E-state index in [-0.39, 0.29) is 22.2 Å². The van der Waals surface area contributed by atoms with Gasteiger partial charge in [-0.25, -0.2) is 21.6 Å². The lowest BCUT2D eigenvalue weighted by Crippen LogP contribution is -2.46. The minimum atomic E-state index is -4.47. The molecule has 62 heavy (non-hydrogen) atoms. The Hall–Kier alpha value is -5.30. The van der Waals surface area contributed by atoms with Crippen molar-refractivity contribution in [2.75, 3.05) is 81.3 Å². The lowest BCUT2D eigenvalue weighted by atomic mass is 9.99. The third-order valence-corrected chi connectivity index (χ3v) is 14.7. The number of nitro groups is 1. The van der Waals surface area contributed by atoms with E-state index in [9.17, 15) is 31.7 Å². The van der Waals surface area contributed by atoms with Crippen LogP contribution in [0.4, 0.5) is 17.1 Å². The molecule has 0 unspecified atom stereocenters. The van der Waals surface area contributed by atoms with E-state index in [4.69, 9.17) is 4.74 Å². The number of hydrogen-bond donors (Lipinski definition) is 2. The maximum absolute atomic E-state index is 13.5. The average Bonchev–Trinajstić information content (AvgIpc) is 3.28. The first-order valence-electron chi connectivity index (χ1n) is 20.4. The second kappa shape index (κ2) is 20.3. The van der Waals surface area contributed by atoms with E-state index >= 15 is 0 Å². The summed E-state index contributed by atoms with van der Waals surface area (Å²) in [7, 11) is -7.75. The number of thioether (sulfide) groups is 1. The zero-order valence-electron chi connectivity index (χ0n) is 34.4. The van der Waals surface area contributed by atoms with Gasteiger partial charge in [-0.15, -0.1) is 11.8 Å². The number of benzene rings is 5. The number of ether oxygens (including phenoxy) is 1. The molecule has 1 atom stereocenters. The maximum Gasteiger partial charge on any atom is 0.293 e. The summed E-state index contributed by atoms with van der Waals surface area (Å²) in [4.78, 5) is 32.8. The highest BCUT2D eigenvalue weighted by molar-refractivity contribution is 7.99. The zero-order valence-corrected chi connectivity index (χ0v) is 36.8. The first kappa shape index (κ1) is 44.7. The fourth-order valence-electron chi connectivity index (χ4n) is 7.54. The number of carbonyl (C=O) groups is 1. The molecule has 0 bridgehead atoms. The van der Waals surface area contributed by atoms with Gasteiger partial charge in [0.2, 0.25) is 0 Å². The molecule has 2 fully saturated rings. The summed E-state index contributed by atoms with van der Waals surface area (Å²) in [6.07, 6.45) is 1.90. The number of anilines is 2. The van der Waals surface area contributed by atoms with Gasteiger partial charge >= 0.3 is 0 Å². The normalized spacial score (nSPS) is 15.8. The molecule has 2 heterocycles. The Morgan fingerprint density at radius 3 is 2.13 bits per heavy atom. The third kappa shape index (κ3) is 11.8. The number of piperazine rings is 1. The third-order valence-electron chi connectivity index (χ3n) is 11.0. The van der Waals surface area contributed by atoms with Gasteiger partial charge in [0.15, 0.2) is 9.84 Å². The van der Waals surface area contributed by atoms with Gasteiger partial charge in [-0.3, -0.25) is 24.7 Å². The standard InChI is InChI=1S/C45H50N6O8S3/c1-61(55,56)40-17-13-34(14-18-40)42-10-6-5-7-36(42)32-49-23-25-50(26-24-49)38-15-11-35(12-16-38)45(52)47-62(57,58)41-19-20-43(44(31-41)51(53)54)46-37(21-22-48-27-29-59-30-28-48)33-60-39-8-3-2-4-9-39/h2-20,31,37,46H,21-30,32-33H2,1H3,(H,47,52)/t37-/m1/s1. The molecule has 326 valence electrons. The molecule has 2 aliphatic heterocycles. The van der Waals surface area contributed by atoms with Crippen molar-refractivity contribution in [3.05, 3.63) is 143 Å². The van der Waals surface area contributed by atoms with Gasteiger partial charge < -0.3 is 15.0 Å². The van der Waals surface area contributed by atoms with Gasteiger partial charge in [0, 0.05) is 92.6 Å². The van der Waals surface area contributed by atoms with E-state index in [1.165, 1.54) is 18.4 Å². The summed E-state index contributed by atoms with van der Waals surface area (Å²) in [6.45, 7) is 7.46. The Kier molecular flexibility index (Phi) is 14.6. The number of amides is 1. The highest BCUT2D eigenvalue weighted by atomic mass is 32.2. The number of morpholine rings is 1. The van der Waals surface area contributed by atoms with Crippen molar-refractivity contribution < 1.29 is 31.3 Å². The van der Waals surface area contributed by atoms with E-state index in [2.05, 4.69) is 30.8 Å². The van der Waals surface area contributed by atoms with E-state index in [1.807, 2.05) is 60.7 Å². The molecule has 0 aliphatic carbocycles. The number of nitrogens with one attached hydrogen (secondary N) is 2.